The van der Waals surface area contributed by atoms with E-state index in [0.717, 1.165) is 55.4 Å². The topological polar surface area (TPSA) is 109 Å². The highest BCUT2D eigenvalue weighted by atomic mass is 16.5. The Balaban J connectivity index is 1.63. The molecule has 0 radical (unpaired) electrons. The van der Waals surface area contributed by atoms with E-state index < -0.39 is 0 Å². The average Bonchev–Trinajstić information content (AvgIpc) is 2.65. The van der Waals surface area contributed by atoms with Crippen LogP contribution in [0.4, 0.5) is 17.5 Å². The van der Waals surface area contributed by atoms with Crippen molar-refractivity contribution in [2.24, 2.45) is 0 Å². The first-order valence-electron chi connectivity index (χ1n) is 8.89. The van der Waals surface area contributed by atoms with Crippen molar-refractivity contribution in [1.29, 1.82) is 0 Å². The Morgan fingerprint density at radius 2 is 1.88 bits per heavy atom. The van der Waals surface area contributed by atoms with Crippen LogP contribution in [0.3, 0.4) is 0 Å². The smallest absolute Gasteiger partial charge is 0.223 e. The zero-order chi connectivity index (χ0) is 17.2. The van der Waals surface area contributed by atoms with Gasteiger partial charge in [0.15, 0.2) is 0 Å². The average molecular weight is 344 g/mol. The van der Waals surface area contributed by atoms with Gasteiger partial charge < -0.3 is 25.8 Å². The number of hydrogen-bond acceptors (Lipinski definition) is 8. The lowest BCUT2D eigenvalue weighted by Gasteiger charge is -2.29. The van der Waals surface area contributed by atoms with Gasteiger partial charge in [-0.15, -0.1) is 0 Å². The number of aromatic nitrogens is 3. The fourth-order valence-corrected chi connectivity index (χ4v) is 3.53. The van der Waals surface area contributed by atoms with Crippen LogP contribution in [0.5, 0.6) is 0 Å². The second-order valence-electron chi connectivity index (χ2n) is 6.73. The van der Waals surface area contributed by atoms with Gasteiger partial charge in [-0.3, -0.25) is 0 Å². The number of nitrogens with one attached hydrogen (secondary N) is 1. The summed E-state index contributed by atoms with van der Waals surface area (Å²) in [7, 11) is 0. The van der Waals surface area contributed by atoms with Gasteiger partial charge in [0.05, 0.1) is 36.6 Å². The third kappa shape index (κ3) is 3.45. The van der Waals surface area contributed by atoms with E-state index in [1.165, 1.54) is 0 Å². The molecule has 4 rings (SSSR count). The van der Waals surface area contributed by atoms with Gasteiger partial charge in [0.25, 0.3) is 0 Å². The van der Waals surface area contributed by atoms with Crippen LogP contribution in [0.1, 0.15) is 25.7 Å². The summed E-state index contributed by atoms with van der Waals surface area (Å²) in [6.07, 6.45) is 6.86. The van der Waals surface area contributed by atoms with Gasteiger partial charge in [0, 0.05) is 25.3 Å². The molecule has 2 aromatic rings. The van der Waals surface area contributed by atoms with Crippen molar-refractivity contribution in [3.05, 3.63) is 12.4 Å². The van der Waals surface area contributed by atoms with Crippen molar-refractivity contribution in [3.63, 3.8) is 0 Å². The summed E-state index contributed by atoms with van der Waals surface area (Å²) in [4.78, 5) is 15.7. The first-order valence-corrected chi connectivity index (χ1v) is 8.89. The Morgan fingerprint density at radius 3 is 2.64 bits per heavy atom. The van der Waals surface area contributed by atoms with Crippen molar-refractivity contribution in [3.8, 4) is 0 Å². The van der Waals surface area contributed by atoms with Crippen molar-refractivity contribution in [2.45, 2.75) is 37.8 Å². The second-order valence-corrected chi connectivity index (χ2v) is 6.73. The van der Waals surface area contributed by atoms with E-state index in [-0.39, 0.29) is 6.10 Å². The summed E-state index contributed by atoms with van der Waals surface area (Å²) in [5, 5.41) is 13.8. The Kier molecular flexibility index (Phi) is 4.54. The normalized spacial score (nSPS) is 24.4. The van der Waals surface area contributed by atoms with Crippen LogP contribution >= 0.6 is 0 Å². The molecule has 1 aliphatic carbocycles. The van der Waals surface area contributed by atoms with Crippen LogP contribution in [0.15, 0.2) is 12.4 Å². The van der Waals surface area contributed by atoms with E-state index in [1.807, 2.05) is 0 Å². The fraction of sp³-hybridized carbons (Fsp3) is 0.588. The summed E-state index contributed by atoms with van der Waals surface area (Å²) in [5.41, 5.74) is 7.81. The summed E-state index contributed by atoms with van der Waals surface area (Å²) in [6.45, 7) is 3.03. The van der Waals surface area contributed by atoms with Gasteiger partial charge in [-0.1, -0.05) is 0 Å². The van der Waals surface area contributed by atoms with Crippen molar-refractivity contribution < 1.29 is 9.84 Å². The summed E-state index contributed by atoms with van der Waals surface area (Å²) in [6, 6.07) is 0.298. The van der Waals surface area contributed by atoms with Crippen LogP contribution < -0.4 is 16.0 Å². The molecule has 134 valence electrons. The molecule has 3 heterocycles. The molecular weight excluding hydrogens is 320 g/mol. The zero-order valence-electron chi connectivity index (χ0n) is 14.2. The Bertz CT molecular complexity index is 741. The summed E-state index contributed by atoms with van der Waals surface area (Å²) < 4.78 is 5.44. The number of rotatable bonds is 3. The van der Waals surface area contributed by atoms with Crippen LogP contribution in [-0.2, 0) is 4.74 Å². The SMILES string of the molecule is Nc1ncc(N2CCOCC2)c2nc(NC3CCC(O)CC3)ncc12. The van der Waals surface area contributed by atoms with Gasteiger partial charge in [0.1, 0.15) is 11.3 Å². The molecule has 2 fully saturated rings. The molecule has 8 heteroatoms. The number of nitrogen functional groups attached to an aromatic ring is 1. The van der Waals surface area contributed by atoms with E-state index in [9.17, 15) is 5.11 Å². The predicted molar refractivity (Wildman–Crippen MR) is 96.7 cm³/mol. The van der Waals surface area contributed by atoms with Gasteiger partial charge in [-0.05, 0) is 25.7 Å². The molecule has 8 nitrogen and oxygen atoms in total. The van der Waals surface area contributed by atoms with Crippen molar-refractivity contribution in [1.82, 2.24) is 15.0 Å². The van der Waals surface area contributed by atoms with Gasteiger partial charge in [0.2, 0.25) is 5.95 Å². The monoisotopic (exact) mass is 344 g/mol. The molecular formula is C17H24N6O2. The molecule has 0 spiro atoms. The second kappa shape index (κ2) is 6.97. The van der Waals surface area contributed by atoms with Crippen LogP contribution in [0, 0.1) is 0 Å². The van der Waals surface area contributed by atoms with Crippen LogP contribution in [0.25, 0.3) is 10.9 Å². The van der Waals surface area contributed by atoms with E-state index in [0.29, 0.717) is 31.0 Å². The third-order valence-electron chi connectivity index (χ3n) is 5.01. The summed E-state index contributed by atoms with van der Waals surface area (Å²) in [5.74, 6) is 1.05. The Hall–Kier alpha value is -2.19. The molecule has 0 unspecified atom stereocenters. The molecule has 0 aromatic carbocycles. The number of morpholine rings is 1. The van der Waals surface area contributed by atoms with Crippen molar-refractivity contribution in [2.75, 3.05) is 42.3 Å². The van der Waals surface area contributed by atoms with Gasteiger partial charge >= 0.3 is 0 Å². The molecule has 1 saturated heterocycles. The molecule has 4 N–H and O–H groups in total. The molecule has 0 atom stereocenters. The van der Waals surface area contributed by atoms with E-state index in [2.05, 4.69) is 20.2 Å². The minimum absolute atomic E-state index is 0.172. The minimum Gasteiger partial charge on any atom is -0.393 e. The van der Waals surface area contributed by atoms with Gasteiger partial charge in [-0.25, -0.2) is 15.0 Å². The minimum atomic E-state index is -0.172. The van der Waals surface area contributed by atoms with E-state index >= 15 is 0 Å². The molecule has 0 amide bonds. The predicted octanol–water partition coefficient (Wildman–Crippen LogP) is 1.16. The number of nitrogens with two attached hydrogens (primary N) is 1. The third-order valence-corrected chi connectivity index (χ3v) is 5.01. The number of ether oxygens (including phenoxy) is 1. The number of aliphatic hydroxyl groups excluding tert-OH is 1. The first kappa shape index (κ1) is 16.3. The van der Waals surface area contributed by atoms with Crippen molar-refractivity contribution >= 4 is 28.4 Å². The highest BCUT2D eigenvalue weighted by Crippen LogP contribution is 2.29. The highest BCUT2D eigenvalue weighted by molar-refractivity contribution is 5.96. The van der Waals surface area contributed by atoms with E-state index in [1.54, 1.807) is 12.4 Å². The maximum absolute atomic E-state index is 9.65. The lowest BCUT2D eigenvalue weighted by molar-refractivity contribution is 0.123. The maximum Gasteiger partial charge on any atom is 0.223 e. The number of hydrogen-bond donors (Lipinski definition) is 3. The fourth-order valence-electron chi connectivity index (χ4n) is 3.53. The van der Waals surface area contributed by atoms with Gasteiger partial charge in [-0.2, -0.15) is 0 Å². The number of nitrogens with zero attached hydrogens (tertiary/aromatic N) is 4. The molecule has 25 heavy (non-hydrogen) atoms. The van der Waals surface area contributed by atoms with Crippen LogP contribution in [-0.4, -0.2) is 58.5 Å². The molecule has 2 aromatic heterocycles. The maximum atomic E-state index is 9.65. The number of anilines is 3. The Labute approximate surface area is 146 Å². The number of aliphatic hydroxyl groups is 1. The zero-order valence-corrected chi connectivity index (χ0v) is 14.2. The largest absolute Gasteiger partial charge is 0.393 e. The first-order chi connectivity index (χ1) is 12.2. The lowest BCUT2D eigenvalue weighted by Crippen LogP contribution is -2.36. The summed E-state index contributed by atoms with van der Waals surface area (Å²) >= 11 is 0. The standard InChI is InChI=1S/C17H24N6O2/c18-16-13-9-20-17(21-11-1-3-12(24)4-2-11)22-15(13)14(10-19-16)23-5-7-25-8-6-23/h9-12,24H,1-8H2,(H2,18,19)(H,20,21,22). The lowest BCUT2D eigenvalue weighted by atomic mass is 9.93. The molecule has 0 bridgehead atoms. The van der Waals surface area contributed by atoms with Crippen LogP contribution in [0.2, 0.25) is 0 Å². The molecule has 1 saturated carbocycles. The number of pyridine rings is 1. The quantitative estimate of drug-likeness (QED) is 0.761. The molecule has 2 aliphatic rings. The van der Waals surface area contributed by atoms with E-state index in [4.69, 9.17) is 15.5 Å². The Morgan fingerprint density at radius 1 is 1.12 bits per heavy atom. The number of fused-ring (bicyclic) bond motifs is 1. The highest BCUT2D eigenvalue weighted by Gasteiger charge is 2.21. The molecule has 1 aliphatic heterocycles.